The largest absolute Gasteiger partial charge is 0.340 e. The molecule has 0 amide bonds. The van der Waals surface area contributed by atoms with Crippen molar-refractivity contribution in [3.05, 3.63) is 18.2 Å². The molecule has 2 N–H and O–H groups in total. The second-order valence-corrected chi connectivity index (χ2v) is 2.07. The van der Waals surface area contributed by atoms with Gasteiger partial charge in [0.25, 0.3) is 0 Å². The van der Waals surface area contributed by atoms with Crippen molar-refractivity contribution in [3.63, 3.8) is 0 Å². The number of halogens is 2. The number of nitrogens with two attached hydrogens (primary N) is 1. The molecule has 1 aromatic heterocycles. The summed E-state index contributed by atoms with van der Waals surface area (Å²) in [5, 5.41) is 0. The second-order valence-electron chi connectivity index (χ2n) is 2.07. The van der Waals surface area contributed by atoms with E-state index >= 15 is 0 Å². The molecule has 0 radical (unpaired) electrons. The van der Waals surface area contributed by atoms with E-state index in [1.807, 2.05) is 17.8 Å². The number of rotatable bonds is 2. The van der Waals surface area contributed by atoms with E-state index in [4.69, 9.17) is 5.73 Å². The van der Waals surface area contributed by atoms with Crippen molar-refractivity contribution in [2.24, 2.45) is 12.8 Å². The summed E-state index contributed by atoms with van der Waals surface area (Å²) in [5.74, 6) is 0. The lowest BCUT2D eigenvalue weighted by Crippen LogP contribution is -2.02. The highest BCUT2D eigenvalue weighted by atomic mass is 127. The molecule has 0 fully saturated rings. The van der Waals surface area contributed by atoms with Crippen LogP contribution < -0.4 is 5.73 Å². The molecule has 0 atom stereocenters. The molecule has 66 valence electrons. The molecule has 0 aromatic carbocycles. The number of hydrogen-bond acceptors (Lipinski definition) is 2. The SMILES string of the molecule is Cn1cnc(CCN)c1.I.I. The van der Waals surface area contributed by atoms with Crippen LogP contribution in [0.1, 0.15) is 5.69 Å². The van der Waals surface area contributed by atoms with E-state index < -0.39 is 0 Å². The molecule has 0 saturated heterocycles. The van der Waals surface area contributed by atoms with E-state index in [0.717, 1.165) is 12.1 Å². The van der Waals surface area contributed by atoms with Crippen molar-refractivity contribution < 1.29 is 0 Å². The first-order valence-corrected chi connectivity index (χ1v) is 3.00. The Morgan fingerprint density at radius 2 is 2.18 bits per heavy atom. The van der Waals surface area contributed by atoms with Gasteiger partial charge in [-0.2, -0.15) is 0 Å². The van der Waals surface area contributed by atoms with Crippen molar-refractivity contribution in [2.75, 3.05) is 6.54 Å². The molecule has 0 aliphatic rings. The summed E-state index contributed by atoms with van der Waals surface area (Å²) in [4.78, 5) is 4.09. The Labute approximate surface area is 101 Å². The Morgan fingerprint density at radius 3 is 2.55 bits per heavy atom. The van der Waals surface area contributed by atoms with Crippen LogP contribution in [0, 0.1) is 0 Å². The minimum absolute atomic E-state index is 0. The van der Waals surface area contributed by atoms with Crippen LogP contribution in [0.2, 0.25) is 0 Å². The van der Waals surface area contributed by atoms with Crippen molar-refractivity contribution in [1.29, 1.82) is 0 Å². The fourth-order valence-electron chi connectivity index (χ4n) is 0.744. The first kappa shape index (κ1) is 14.2. The van der Waals surface area contributed by atoms with Crippen LogP contribution in [-0.2, 0) is 13.5 Å². The summed E-state index contributed by atoms with van der Waals surface area (Å²) in [5.41, 5.74) is 6.39. The van der Waals surface area contributed by atoms with Gasteiger partial charge in [0.05, 0.1) is 12.0 Å². The second kappa shape index (κ2) is 7.29. The number of imidazole rings is 1. The molecule has 5 heteroatoms. The van der Waals surface area contributed by atoms with Gasteiger partial charge in [0.15, 0.2) is 0 Å². The standard InChI is InChI=1S/C6H11N3.2HI/c1-9-4-6(2-3-7)8-5-9;;/h4-5H,2-3,7H2,1H3;2*1H. The molecule has 11 heavy (non-hydrogen) atoms. The minimum Gasteiger partial charge on any atom is -0.340 e. The normalized spacial score (nSPS) is 8.18. The number of aryl methyl sites for hydroxylation is 1. The average molecular weight is 381 g/mol. The zero-order valence-electron chi connectivity index (χ0n) is 6.36. The van der Waals surface area contributed by atoms with Crippen LogP contribution >= 0.6 is 48.0 Å². The maximum Gasteiger partial charge on any atom is 0.0946 e. The highest BCUT2D eigenvalue weighted by molar-refractivity contribution is 14.0. The highest BCUT2D eigenvalue weighted by Crippen LogP contribution is 1.92. The van der Waals surface area contributed by atoms with Gasteiger partial charge in [0, 0.05) is 19.7 Å². The summed E-state index contributed by atoms with van der Waals surface area (Å²) in [6.07, 6.45) is 4.64. The van der Waals surface area contributed by atoms with Crippen molar-refractivity contribution in [3.8, 4) is 0 Å². The van der Waals surface area contributed by atoms with E-state index in [9.17, 15) is 0 Å². The lowest BCUT2D eigenvalue weighted by molar-refractivity contribution is 0.906. The molecule has 1 aromatic rings. The Balaban J connectivity index is 0. The molecular formula is C6H13I2N3. The summed E-state index contributed by atoms with van der Waals surface area (Å²) in [6.45, 7) is 0.678. The predicted octanol–water partition coefficient (Wildman–Crippen LogP) is 1.16. The lowest BCUT2D eigenvalue weighted by Gasteiger charge is -1.86. The molecule has 0 unspecified atom stereocenters. The quantitative estimate of drug-likeness (QED) is 0.782. The van der Waals surface area contributed by atoms with Gasteiger partial charge >= 0.3 is 0 Å². The van der Waals surface area contributed by atoms with E-state index in [1.54, 1.807) is 6.33 Å². The summed E-state index contributed by atoms with van der Waals surface area (Å²) in [7, 11) is 1.95. The van der Waals surface area contributed by atoms with Gasteiger partial charge in [0.2, 0.25) is 0 Å². The fourth-order valence-corrected chi connectivity index (χ4v) is 0.744. The summed E-state index contributed by atoms with van der Waals surface area (Å²) in [6, 6.07) is 0. The topological polar surface area (TPSA) is 43.8 Å². The zero-order valence-corrected chi connectivity index (χ0v) is 11.0. The third-order valence-electron chi connectivity index (χ3n) is 1.16. The Morgan fingerprint density at radius 1 is 1.55 bits per heavy atom. The van der Waals surface area contributed by atoms with Gasteiger partial charge in [-0.3, -0.25) is 0 Å². The van der Waals surface area contributed by atoms with Gasteiger partial charge in [-0.05, 0) is 6.54 Å². The lowest BCUT2D eigenvalue weighted by atomic mass is 10.3. The molecule has 0 aliphatic carbocycles. The van der Waals surface area contributed by atoms with Gasteiger partial charge in [0.1, 0.15) is 0 Å². The van der Waals surface area contributed by atoms with E-state index in [2.05, 4.69) is 4.98 Å². The Hall–Kier alpha value is 0.630. The number of aromatic nitrogens is 2. The third-order valence-corrected chi connectivity index (χ3v) is 1.16. The van der Waals surface area contributed by atoms with E-state index in [0.29, 0.717) is 6.54 Å². The Kier molecular flexibility index (Phi) is 9.39. The van der Waals surface area contributed by atoms with Crippen LogP contribution in [-0.4, -0.2) is 16.1 Å². The zero-order chi connectivity index (χ0) is 6.69. The molecular weight excluding hydrogens is 368 g/mol. The summed E-state index contributed by atoms with van der Waals surface area (Å²) >= 11 is 0. The monoisotopic (exact) mass is 381 g/mol. The average Bonchev–Trinajstić information content (AvgIpc) is 2.17. The van der Waals surface area contributed by atoms with Gasteiger partial charge < -0.3 is 10.3 Å². The van der Waals surface area contributed by atoms with Gasteiger partial charge in [-0.15, -0.1) is 48.0 Å². The van der Waals surface area contributed by atoms with Crippen LogP contribution in [0.5, 0.6) is 0 Å². The smallest absolute Gasteiger partial charge is 0.0946 e. The highest BCUT2D eigenvalue weighted by Gasteiger charge is 1.91. The maximum absolute atomic E-state index is 5.32. The number of nitrogens with zero attached hydrogens (tertiary/aromatic N) is 2. The predicted molar refractivity (Wildman–Crippen MR) is 66.8 cm³/mol. The van der Waals surface area contributed by atoms with Crippen LogP contribution in [0.25, 0.3) is 0 Å². The molecule has 0 aliphatic heterocycles. The van der Waals surface area contributed by atoms with Crippen LogP contribution in [0.4, 0.5) is 0 Å². The molecule has 3 nitrogen and oxygen atoms in total. The molecule has 1 heterocycles. The van der Waals surface area contributed by atoms with E-state index in [1.165, 1.54) is 0 Å². The van der Waals surface area contributed by atoms with E-state index in [-0.39, 0.29) is 48.0 Å². The van der Waals surface area contributed by atoms with Crippen molar-refractivity contribution in [1.82, 2.24) is 9.55 Å². The van der Waals surface area contributed by atoms with Gasteiger partial charge in [-0.1, -0.05) is 0 Å². The first-order valence-electron chi connectivity index (χ1n) is 3.00. The summed E-state index contributed by atoms with van der Waals surface area (Å²) < 4.78 is 1.92. The molecule has 0 saturated carbocycles. The molecule has 0 spiro atoms. The molecule has 1 rings (SSSR count). The minimum atomic E-state index is 0. The maximum atomic E-state index is 5.32. The fraction of sp³-hybridized carbons (Fsp3) is 0.500. The number of hydrogen-bond donors (Lipinski definition) is 1. The van der Waals surface area contributed by atoms with Crippen molar-refractivity contribution in [2.45, 2.75) is 6.42 Å². The van der Waals surface area contributed by atoms with Crippen molar-refractivity contribution >= 4 is 48.0 Å². The van der Waals surface area contributed by atoms with Gasteiger partial charge in [-0.25, -0.2) is 4.98 Å². The Bertz CT molecular complexity index is 188. The first-order chi connectivity index (χ1) is 4.33. The van der Waals surface area contributed by atoms with Crippen LogP contribution in [0.15, 0.2) is 12.5 Å². The van der Waals surface area contributed by atoms with Crippen LogP contribution in [0.3, 0.4) is 0 Å². The third kappa shape index (κ3) is 4.96. The molecule has 0 bridgehead atoms.